The fourth-order valence-corrected chi connectivity index (χ4v) is 4.27. The van der Waals surface area contributed by atoms with Crippen LogP contribution in [0, 0.1) is 0 Å². The third-order valence-corrected chi connectivity index (χ3v) is 6.00. The van der Waals surface area contributed by atoms with Crippen LogP contribution in [0.15, 0.2) is 73.8 Å². The smallest absolute Gasteiger partial charge is 0.349 e. The van der Waals surface area contributed by atoms with Gasteiger partial charge in [0.1, 0.15) is 6.61 Å². The predicted molar refractivity (Wildman–Crippen MR) is 138 cm³/mol. The minimum atomic E-state index is -0.635. The first-order chi connectivity index (χ1) is 16.4. The van der Waals surface area contributed by atoms with E-state index < -0.39 is 11.2 Å². The summed E-state index contributed by atoms with van der Waals surface area (Å²) in [4.78, 5) is 27.7. The second-order valence-electron chi connectivity index (χ2n) is 7.12. The van der Waals surface area contributed by atoms with Crippen molar-refractivity contribution >= 4 is 56.2 Å². The number of aromatic nitrogens is 2. The fourth-order valence-electron chi connectivity index (χ4n) is 3.24. The second-order valence-corrected chi connectivity index (χ2v) is 8.82. The number of fused-ring (bicyclic) bond motifs is 1. The molecule has 0 saturated carbocycles. The van der Waals surface area contributed by atoms with Gasteiger partial charge < -0.3 is 14.5 Å². The summed E-state index contributed by atoms with van der Waals surface area (Å²) in [6.07, 6.45) is 1.40. The van der Waals surface area contributed by atoms with Gasteiger partial charge in [0.2, 0.25) is 0 Å². The van der Waals surface area contributed by atoms with Crippen molar-refractivity contribution < 1.29 is 9.47 Å². The molecule has 0 saturated heterocycles. The van der Waals surface area contributed by atoms with Crippen LogP contribution >= 0.6 is 39.1 Å². The number of nitrogens with zero attached hydrogens (tertiary/aromatic N) is 2. The lowest BCUT2D eigenvalue weighted by Crippen LogP contribution is -2.32. The highest BCUT2D eigenvalue weighted by atomic mass is 79.9. The molecule has 0 aliphatic carbocycles. The van der Waals surface area contributed by atoms with Gasteiger partial charge in [-0.1, -0.05) is 41.4 Å². The van der Waals surface area contributed by atoms with E-state index in [1.54, 1.807) is 54.6 Å². The Morgan fingerprint density at radius 1 is 1.09 bits per heavy atom. The van der Waals surface area contributed by atoms with Crippen LogP contribution in [-0.4, -0.2) is 22.5 Å². The van der Waals surface area contributed by atoms with E-state index in [0.29, 0.717) is 49.1 Å². The third kappa shape index (κ3) is 5.19. The number of nitrogens with one attached hydrogen (secondary N) is 1. The Labute approximate surface area is 212 Å². The van der Waals surface area contributed by atoms with Crippen molar-refractivity contribution in [2.45, 2.75) is 13.5 Å². The first kappa shape index (κ1) is 24.1. The monoisotopic (exact) mass is 561 g/mol. The topological polar surface area (TPSA) is 85.7 Å². The van der Waals surface area contributed by atoms with E-state index in [1.165, 1.54) is 6.21 Å². The average Bonchev–Trinajstić information content (AvgIpc) is 2.80. The van der Waals surface area contributed by atoms with E-state index in [9.17, 15) is 9.59 Å². The fraction of sp³-hybridized carbons (Fsp3) is 0.125. The number of ether oxygens (including phenoxy) is 2. The average molecular weight is 563 g/mol. The van der Waals surface area contributed by atoms with Gasteiger partial charge in [0, 0.05) is 15.6 Å². The Morgan fingerprint density at radius 3 is 2.65 bits per heavy atom. The van der Waals surface area contributed by atoms with E-state index in [4.69, 9.17) is 32.7 Å². The molecule has 34 heavy (non-hydrogen) atoms. The summed E-state index contributed by atoms with van der Waals surface area (Å²) in [5.41, 5.74) is 0.656. The van der Waals surface area contributed by atoms with Crippen molar-refractivity contribution in [3.8, 4) is 11.5 Å². The van der Waals surface area contributed by atoms with Gasteiger partial charge in [-0.15, -0.1) is 4.68 Å². The molecule has 7 nitrogen and oxygen atoms in total. The number of rotatable bonds is 7. The molecule has 0 unspecified atom stereocenters. The number of aromatic amines is 1. The van der Waals surface area contributed by atoms with Gasteiger partial charge in [0.15, 0.2) is 11.5 Å². The first-order valence-electron chi connectivity index (χ1n) is 10.2. The minimum Gasteiger partial charge on any atom is -0.490 e. The molecule has 10 heteroatoms. The number of H-pyrrole nitrogens is 1. The molecule has 1 aromatic heterocycles. The summed E-state index contributed by atoms with van der Waals surface area (Å²) in [5.74, 6) is 0.939. The highest BCUT2D eigenvalue weighted by molar-refractivity contribution is 9.10. The highest BCUT2D eigenvalue weighted by Crippen LogP contribution is 2.37. The van der Waals surface area contributed by atoms with Crippen molar-refractivity contribution in [3.63, 3.8) is 0 Å². The standard InChI is InChI=1S/C24H18BrCl2N3O4/c1-2-33-21-10-14(9-18(25)22(21)34-13-15-7-8-16(26)11-19(15)27)12-28-30-23(31)17-5-3-4-6-20(17)29-24(30)32/h3-12H,2,13H2,1H3,(H,29,32). The third-order valence-electron chi connectivity index (χ3n) is 4.82. The van der Waals surface area contributed by atoms with E-state index in [0.717, 1.165) is 10.2 Å². The van der Waals surface area contributed by atoms with Crippen molar-refractivity contribution in [1.29, 1.82) is 0 Å². The molecule has 1 N–H and O–H groups in total. The molecule has 3 aromatic carbocycles. The molecule has 0 amide bonds. The number of benzene rings is 3. The molecule has 0 atom stereocenters. The molecule has 174 valence electrons. The number of hydrogen-bond acceptors (Lipinski definition) is 5. The Morgan fingerprint density at radius 2 is 1.88 bits per heavy atom. The number of para-hydroxylation sites is 1. The maximum Gasteiger partial charge on any atom is 0.349 e. The van der Waals surface area contributed by atoms with E-state index in [1.807, 2.05) is 6.92 Å². The molecule has 0 fully saturated rings. The van der Waals surface area contributed by atoms with Gasteiger partial charge in [-0.2, -0.15) is 5.10 Å². The van der Waals surface area contributed by atoms with E-state index in [2.05, 4.69) is 26.0 Å². The molecule has 4 aromatic rings. The summed E-state index contributed by atoms with van der Waals surface area (Å²) >= 11 is 15.7. The quantitative estimate of drug-likeness (QED) is 0.296. The predicted octanol–water partition coefficient (Wildman–Crippen LogP) is 5.62. The zero-order chi connectivity index (χ0) is 24.2. The van der Waals surface area contributed by atoms with Crippen LogP contribution in [0.3, 0.4) is 0 Å². The summed E-state index contributed by atoms with van der Waals surface area (Å²) in [7, 11) is 0. The molecule has 0 spiro atoms. The normalized spacial score (nSPS) is 11.3. The number of hydrogen-bond donors (Lipinski definition) is 1. The summed E-state index contributed by atoms with van der Waals surface area (Å²) in [6, 6.07) is 15.4. The summed E-state index contributed by atoms with van der Waals surface area (Å²) < 4.78 is 13.1. The molecule has 0 aliphatic rings. The molecule has 0 bridgehead atoms. The molecule has 0 aliphatic heterocycles. The molecule has 0 radical (unpaired) electrons. The second kappa shape index (κ2) is 10.5. The van der Waals surface area contributed by atoms with Gasteiger partial charge in [0.25, 0.3) is 5.56 Å². The molecule has 1 heterocycles. The van der Waals surface area contributed by atoms with Crippen molar-refractivity contribution in [2.75, 3.05) is 6.61 Å². The van der Waals surface area contributed by atoms with Crippen LogP contribution < -0.4 is 20.7 Å². The Bertz CT molecular complexity index is 1510. The molecule has 4 rings (SSSR count). The Balaban J connectivity index is 1.65. The van der Waals surface area contributed by atoms with Crippen molar-refractivity contribution in [2.24, 2.45) is 5.10 Å². The minimum absolute atomic E-state index is 0.198. The highest BCUT2D eigenvalue weighted by Gasteiger charge is 2.14. The Hall–Kier alpha value is -3.07. The lowest BCUT2D eigenvalue weighted by Gasteiger charge is -2.15. The van der Waals surface area contributed by atoms with Crippen molar-refractivity contribution in [1.82, 2.24) is 9.66 Å². The van der Waals surface area contributed by atoms with Gasteiger partial charge in [-0.25, -0.2) is 4.79 Å². The summed E-state index contributed by atoms with van der Waals surface area (Å²) in [6.45, 7) is 2.45. The molecular weight excluding hydrogens is 545 g/mol. The van der Waals surface area contributed by atoms with Crippen molar-refractivity contribution in [3.05, 3.63) is 101 Å². The maximum absolute atomic E-state index is 12.7. The SMILES string of the molecule is CCOc1cc(C=Nn2c(=O)[nH]c3ccccc3c2=O)cc(Br)c1OCc1ccc(Cl)cc1Cl. The van der Waals surface area contributed by atoms with E-state index in [-0.39, 0.29) is 6.61 Å². The summed E-state index contributed by atoms with van der Waals surface area (Å²) in [5, 5.41) is 5.50. The zero-order valence-corrected chi connectivity index (χ0v) is 20.9. The van der Waals surface area contributed by atoms with Crippen LogP contribution in [0.1, 0.15) is 18.1 Å². The van der Waals surface area contributed by atoms with Gasteiger partial charge >= 0.3 is 5.69 Å². The van der Waals surface area contributed by atoms with Crippen LogP contribution in [0.4, 0.5) is 0 Å². The van der Waals surface area contributed by atoms with Crippen LogP contribution in [0.2, 0.25) is 10.0 Å². The van der Waals surface area contributed by atoms with Crippen LogP contribution in [0.5, 0.6) is 11.5 Å². The largest absolute Gasteiger partial charge is 0.490 e. The van der Waals surface area contributed by atoms with Crippen LogP contribution in [0.25, 0.3) is 10.9 Å². The molecular formula is C24H18BrCl2N3O4. The van der Waals surface area contributed by atoms with Gasteiger partial charge in [-0.3, -0.25) is 4.79 Å². The van der Waals surface area contributed by atoms with Crippen LogP contribution in [-0.2, 0) is 6.61 Å². The maximum atomic E-state index is 12.7. The lowest BCUT2D eigenvalue weighted by atomic mass is 10.2. The first-order valence-corrected chi connectivity index (χ1v) is 11.7. The van der Waals surface area contributed by atoms with Gasteiger partial charge in [0.05, 0.1) is 28.2 Å². The number of halogens is 3. The van der Waals surface area contributed by atoms with Gasteiger partial charge in [-0.05, 0) is 64.8 Å². The zero-order valence-electron chi connectivity index (χ0n) is 17.8. The lowest BCUT2D eigenvalue weighted by molar-refractivity contribution is 0.267. The van der Waals surface area contributed by atoms with E-state index >= 15 is 0 Å². The Kier molecular flexibility index (Phi) is 7.41.